The maximum absolute atomic E-state index is 14.5. The minimum Gasteiger partial charge on any atom is -0.350 e. The lowest BCUT2D eigenvalue weighted by atomic mass is 9.85. The first-order valence-electron chi connectivity index (χ1n) is 28.7. The van der Waals surface area contributed by atoms with Crippen molar-refractivity contribution in [3.05, 3.63) is 35.6 Å². The predicted octanol–water partition coefficient (Wildman–Crippen LogP) is 5.40. The quantitative estimate of drug-likeness (QED) is 0.0531. The Morgan fingerprint density at radius 1 is 0.582 bits per heavy atom. The Morgan fingerprint density at radius 2 is 1.03 bits per heavy atom. The number of hydrogen-bond donors (Lipinski definition) is 8. The lowest BCUT2D eigenvalue weighted by molar-refractivity contribution is -0.139. The van der Waals surface area contributed by atoms with Crippen LogP contribution in [0.15, 0.2) is 24.3 Å². The fourth-order valence-corrected chi connectivity index (χ4v) is 10.4. The summed E-state index contributed by atoms with van der Waals surface area (Å²) in [6, 6.07) is -0.467. The molecule has 1 saturated heterocycles. The van der Waals surface area contributed by atoms with Crippen molar-refractivity contribution < 1.29 is 47.5 Å². The molecule has 6 atom stereocenters. The standard InChI is InChI=1S/C59H99FN10O9/c1-35(2)31-43(48(72)64-45(33-37(5)6)50(74)67-59(14,15)55(79)68-58(12,13)53(77)61-38(7)34-69(16)17)65-54(78)57(10,11)66-49(73)44(32-36(3)4)63-47(71)42(28-23-39-21-19-18-20-22-39)62-51(75)46-29-30-56(8,9)70(46)52(76)40-24-26-41(60)27-25-40/h24-27,35-39,42-46H,18-23,28-34H2,1-17H3,(H,61,77)(H,62,75)(H,63,71)(H,64,72)(H,65,78)(H,66,73)(H,67,74)(H,68,79)/t38-,42-,43-,44-,45-,46-/m0/s1. The molecule has 79 heavy (non-hydrogen) atoms. The van der Waals surface area contributed by atoms with Crippen molar-refractivity contribution in [3.8, 4) is 0 Å². The van der Waals surface area contributed by atoms with E-state index in [1.807, 2.05) is 81.3 Å². The van der Waals surface area contributed by atoms with Crippen LogP contribution in [0.1, 0.15) is 191 Å². The highest BCUT2D eigenvalue weighted by atomic mass is 19.1. The largest absolute Gasteiger partial charge is 0.350 e. The number of nitrogens with zero attached hydrogens (tertiary/aromatic N) is 2. The van der Waals surface area contributed by atoms with Crippen LogP contribution in [0.5, 0.6) is 0 Å². The Balaban J connectivity index is 1.81. The van der Waals surface area contributed by atoms with Gasteiger partial charge in [-0.1, -0.05) is 73.6 Å². The van der Waals surface area contributed by atoms with E-state index >= 15 is 0 Å². The van der Waals surface area contributed by atoms with E-state index in [0.29, 0.717) is 31.7 Å². The molecule has 8 N–H and O–H groups in total. The van der Waals surface area contributed by atoms with Crippen LogP contribution in [-0.2, 0) is 38.4 Å². The monoisotopic (exact) mass is 1110 g/mol. The molecular formula is C59H99FN10O9. The van der Waals surface area contributed by atoms with Crippen LogP contribution in [0, 0.1) is 29.5 Å². The van der Waals surface area contributed by atoms with E-state index in [1.54, 1.807) is 13.8 Å². The Bertz CT molecular complexity index is 2280. The number of halogens is 1. The van der Waals surface area contributed by atoms with Crippen molar-refractivity contribution in [2.24, 2.45) is 23.7 Å². The number of likely N-dealkylation sites (N-methyl/N-ethyl adjacent to an activating group) is 1. The van der Waals surface area contributed by atoms with Crippen molar-refractivity contribution in [1.29, 1.82) is 0 Å². The molecular weight excluding hydrogens is 1010 g/mol. The highest BCUT2D eigenvalue weighted by Gasteiger charge is 2.47. The predicted molar refractivity (Wildman–Crippen MR) is 304 cm³/mol. The van der Waals surface area contributed by atoms with Gasteiger partial charge in [0, 0.05) is 23.7 Å². The summed E-state index contributed by atoms with van der Waals surface area (Å²) in [7, 11) is 3.76. The van der Waals surface area contributed by atoms with Gasteiger partial charge in [0.05, 0.1) is 0 Å². The third-order valence-corrected chi connectivity index (χ3v) is 14.9. The molecule has 20 heteroatoms. The van der Waals surface area contributed by atoms with Crippen LogP contribution in [-0.4, -0.2) is 142 Å². The van der Waals surface area contributed by atoms with Gasteiger partial charge in [-0.3, -0.25) is 43.2 Å². The fraction of sp³-hybridized carbons (Fsp3) is 0.746. The molecule has 3 rings (SSSR count). The van der Waals surface area contributed by atoms with Crippen LogP contribution in [0.4, 0.5) is 4.39 Å². The van der Waals surface area contributed by atoms with E-state index in [9.17, 15) is 47.5 Å². The van der Waals surface area contributed by atoms with Gasteiger partial charge in [-0.25, -0.2) is 4.39 Å². The number of likely N-dealkylation sites (tertiary alicyclic amines) is 1. The molecule has 2 aliphatic rings. The van der Waals surface area contributed by atoms with Crippen LogP contribution in [0.25, 0.3) is 0 Å². The summed E-state index contributed by atoms with van der Waals surface area (Å²) >= 11 is 0. The van der Waals surface area contributed by atoms with Gasteiger partial charge in [-0.15, -0.1) is 0 Å². The summed E-state index contributed by atoms with van der Waals surface area (Å²) in [6.07, 6.45) is 7.59. The molecule has 1 aliphatic heterocycles. The van der Waals surface area contributed by atoms with E-state index in [1.165, 1.54) is 56.9 Å². The van der Waals surface area contributed by atoms with E-state index in [2.05, 4.69) is 42.5 Å². The summed E-state index contributed by atoms with van der Waals surface area (Å²) < 4.78 is 13.8. The second kappa shape index (κ2) is 29.2. The highest BCUT2D eigenvalue weighted by Crippen LogP contribution is 2.35. The van der Waals surface area contributed by atoms with Gasteiger partial charge in [0.25, 0.3) is 5.91 Å². The SMILES string of the molecule is CC(C)C[C@H](NC(=O)[C@H](CCC1CCCCC1)NC(=O)[C@@H]1CCC(C)(C)N1C(=O)c1ccc(F)cc1)C(=O)NC(C)(C)C(=O)N[C@@H](CC(C)C)C(=O)N[C@@H](CC(C)C)C(=O)NC(C)(C)C(=O)NC(C)(C)C(=O)N[C@@H](C)CN(C)C. The zero-order valence-electron chi connectivity index (χ0n) is 50.7. The second-order valence-electron chi connectivity index (χ2n) is 26.2. The van der Waals surface area contributed by atoms with Gasteiger partial charge in [0.1, 0.15) is 52.6 Å². The average Bonchev–Trinajstić information content (AvgIpc) is 3.65. The molecule has 19 nitrogen and oxygen atoms in total. The third-order valence-electron chi connectivity index (χ3n) is 14.9. The molecule has 1 aromatic rings. The maximum atomic E-state index is 14.5. The number of amides is 9. The van der Waals surface area contributed by atoms with Crippen LogP contribution in [0.3, 0.4) is 0 Å². The first-order valence-corrected chi connectivity index (χ1v) is 28.7. The van der Waals surface area contributed by atoms with Crippen molar-refractivity contribution in [1.82, 2.24) is 52.3 Å². The molecule has 0 bridgehead atoms. The summed E-state index contributed by atoms with van der Waals surface area (Å²) in [5, 5.41) is 22.7. The van der Waals surface area contributed by atoms with Crippen LogP contribution >= 0.6 is 0 Å². The molecule has 0 spiro atoms. The van der Waals surface area contributed by atoms with Crippen LogP contribution < -0.4 is 42.5 Å². The number of benzene rings is 1. The molecule has 1 saturated carbocycles. The fourth-order valence-electron chi connectivity index (χ4n) is 10.4. The van der Waals surface area contributed by atoms with Crippen molar-refractivity contribution in [3.63, 3.8) is 0 Å². The van der Waals surface area contributed by atoms with Gasteiger partial charge >= 0.3 is 0 Å². The first kappa shape index (κ1) is 67.6. The van der Waals surface area contributed by atoms with E-state index in [4.69, 9.17) is 0 Å². The average molecular weight is 1110 g/mol. The number of carbonyl (C=O) groups excluding carboxylic acids is 9. The van der Waals surface area contributed by atoms with Crippen molar-refractivity contribution in [2.75, 3.05) is 20.6 Å². The van der Waals surface area contributed by atoms with Crippen LogP contribution in [0.2, 0.25) is 0 Å². The smallest absolute Gasteiger partial charge is 0.254 e. The Hall–Kier alpha value is -5.66. The first-order chi connectivity index (χ1) is 36.5. The number of nitrogens with one attached hydrogen (secondary N) is 8. The number of carbonyl (C=O) groups is 9. The molecule has 0 unspecified atom stereocenters. The lowest BCUT2D eigenvalue weighted by Gasteiger charge is -2.36. The summed E-state index contributed by atoms with van der Waals surface area (Å²) in [4.78, 5) is 130. The van der Waals surface area contributed by atoms with E-state index in [0.717, 1.165) is 32.1 Å². The number of rotatable bonds is 28. The molecule has 0 aromatic heterocycles. The third kappa shape index (κ3) is 21.1. The zero-order chi connectivity index (χ0) is 60.0. The minimum atomic E-state index is -1.64. The Kier molecular flexibility index (Phi) is 25.0. The highest BCUT2D eigenvalue weighted by molar-refractivity contribution is 6.01. The maximum Gasteiger partial charge on any atom is 0.254 e. The summed E-state index contributed by atoms with van der Waals surface area (Å²) in [5.74, 6) is -5.71. The topological polar surface area (TPSA) is 256 Å². The van der Waals surface area contributed by atoms with Crippen molar-refractivity contribution in [2.45, 2.75) is 239 Å². The molecule has 446 valence electrons. The summed E-state index contributed by atoms with van der Waals surface area (Å²) in [6.45, 7) is 26.5. The molecule has 1 aliphatic carbocycles. The lowest BCUT2D eigenvalue weighted by Crippen LogP contribution is -2.65. The zero-order valence-corrected chi connectivity index (χ0v) is 50.7. The minimum absolute atomic E-state index is 0.0930. The van der Waals surface area contributed by atoms with Gasteiger partial charge in [0.2, 0.25) is 47.3 Å². The molecule has 1 heterocycles. The number of hydrogen-bond acceptors (Lipinski definition) is 10. The molecule has 0 radical (unpaired) electrons. The summed E-state index contributed by atoms with van der Waals surface area (Å²) in [5.41, 5.74) is -5.00. The van der Waals surface area contributed by atoms with Gasteiger partial charge in [0.15, 0.2) is 0 Å². The van der Waals surface area contributed by atoms with E-state index < -0.39 is 111 Å². The second-order valence-corrected chi connectivity index (χ2v) is 26.2. The molecule has 1 aromatic carbocycles. The van der Waals surface area contributed by atoms with Crippen molar-refractivity contribution >= 4 is 53.2 Å². The normalized spacial score (nSPS) is 18.0. The Morgan fingerprint density at radius 3 is 1.51 bits per heavy atom. The van der Waals surface area contributed by atoms with Gasteiger partial charge in [-0.2, -0.15) is 0 Å². The molecule has 9 amide bonds. The van der Waals surface area contributed by atoms with Gasteiger partial charge < -0.3 is 52.3 Å². The van der Waals surface area contributed by atoms with Gasteiger partial charge in [-0.05, 0) is 169 Å². The molecule has 2 fully saturated rings. The van der Waals surface area contributed by atoms with E-state index in [-0.39, 0.29) is 55.0 Å². The Labute approximate surface area is 470 Å².